The molecule has 186 valence electrons. The van der Waals surface area contributed by atoms with Gasteiger partial charge in [-0.2, -0.15) is 4.98 Å². The highest BCUT2D eigenvalue weighted by molar-refractivity contribution is 5.78. The lowest BCUT2D eigenvalue weighted by Crippen LogP contribution is -2.34. The number of aromatic nitrogens is 2. The average molecular weight is 469 g/mol. The van der Waals surface area contributed by atoms with E-state index in [1.165, 1.54) is 19.3 Å². The molecule has 0 N–H and O–H groups in total. The molecule has 2 aromatic rings. The molecule has 1 saturated heterocycles. The van der Waals surface area contributed by atoms with Gasteiger partial charge in [-0.25, -0.2) is 0 Å². The molecule has 2 atom stereocenters. The van der Waals surface area contributed by atoms with E-state index in [-0.39, 0.29) is 5.91 Å². The fourth-order valence-corrected chi connectivity index (χ4v) is 5.18. The van der Waals surface area contributed by atoms with Gasteiger partial charge in [0.1, 0.15) is 5.75 Å². The Kier molecular flexibility index (Phi) is 8.11. The van der Waals surface area contributed by atoms with Crippen LogP contribution in [0.25, 0.3) is 0 Å². The predicted octanol–water partition coefficient (Wildman–Crippen LogP) is 4.93. The monoisotopic (exact) mass is 468 g/mol. The Labute approximate surface area is 203 Å². The van der Waals surface area contributed by atoms with Gasteiger partial charge in [-0.15, -0.1) is 0 Å². The molecule has 0 unspecified atom stereocenters. The molecule has 4 rings (SSSR count). The topological polar surface area (TPSA) is 71.7 Å². The third-order valence-corrected chi connectivity index (χ3v) is 7.49. The van der Waals surface area contributed by atoms with E-state index in [4.69, 9.17) is 9.26 Å². The second-order valence-corrected chi connectivity index (χ2v) is 10.1. The standard InChI is InChI=1S/C27H40N4O3/c1-5-30(6-2)25(32)17-20-7-9-23(10-8-20)33-16-13-22-18-24(22)21-11-14-31(15-12-21)27-28-26(19(3)4)29-34-27/h7-10,19,21-22,24H,5-6,11-18H2,1-4H3/t22-,24-/m1/s1. The van der Waals surface area contributed by atoms with Crippen LogP contribution in [-0.4, -0.2) is 53.7 Å². The van der Waals surface area contributed by atoms with Crippen LogP contribution in [0.15, 0.2) is 28.8 Å². The van der Waals surface area contributed by atoms with Crippen molar-refractivity contribution in [1.29, 1.82) is 0 Å². The number of carbonyl (C=O) groups excluding carboxylic acids is 1. The first-order valence-corrected chi connectivity index (χ1v) is 13.1. The lowest BCUT2D eigenvalue weighted by Gasteiger charge is -2.30. The predicted molar refractivity (Wildman–Crippen MR) is 133 cm³/mol. The molecule has 1 aromatic heterocycles. The van der Waals surface area contributed by atoms with Crippen molar-refractivity contribution in [1.82, 2.24) is 15.0 Å². The lowest BCUT2D eigenvalue weighted by molar-refractivity contribution is -0.130. The van der Waals surface area contributed by atoms with Crippen LogP contribution in [0.1, 0.15) is 70.7 Å². The summed E-state index contributed by atoms with van der Waals surface area (Å²) >= 11 is 0. The Hall–Kier alpha value is -2.57. The highest BCUT2D eigenvalue weighted by atomic mass is 16.5. The van der Waals surface area contributed by atoms with E-state index in [1.54, 1.807) is 0 Å². The Morgan fingerprint density at radius 1 is 1.18 bits per heavy atom. The maximum atomic E-state index is 12.3. The third-order valence-electron chi connectivity index (χ3n) is 7.49. The van der Waals surface area contributed by atoms with E-state index in [0.29, 0.717) is 18.4 Å². The number of piperidine rings is 1. The lowest BCUT2D eigenvalue weighted by atomic mass is 9.90. The Balaban J connectivity index is 1.14. The van der Waals surface area contributed by atoms with E-state index in [0.717, 1.165) is 74.1 Å². The van der Waals surface area contributed by atoms with E-state index in [2.05, 4.69) is 28.9 Å². The van der Waals surface area contributed by atoms with Crippen molar-refractivity contribution < 1.29 is 14.1 Å². The fourth-order valence-electron chi connectivity index (χ4n) is 5.18. The van der Waals surface area contributed by atoms with Crippen molar-refractivity contribution in [2.75, 3.05) is 37.7 Å². The molecule has 2 fully saturated rings. The number of nitrogens with zero attached hydrogens (tertiary/aromatic N) is 4. The SMILES string of the molecule is CCN(CC)C(=O)Cc1ccc(OCC[C@@H]2C[C@@H]2C2CCN(c3nc(C(C)C)no3)CC2)cc1. The van der Waals surface area contributed by atoms with Gasteiger partial charge in [0, 0.05) is 32.1 Å². The van der Waals surface area contributed by atoms with Gasteiger partial charge in [-0.05, 0) is 75.0 Å². The minimum Gasteiger partial charge on any atom is -0.494 e. The summed E-state index contributed by atoms with van der Waals surface area (Å²) in [6.45, 7) is 12.5. The van der Waals surface area contributed by atoms with Gasteiger partial charge >= 0.3 is 6.01 Å². The van der Waals surface area contributed by atoms with Crippen molar-refractivity contribution in [3.63, 3.8) is 0 Å². The summed E-state index contributed by atoms with van der Waals surface area (Å²) in [5.41, 5.74) is 1.04. The average Bonchev–Trinajstić information content (AvgIpc) is 3.43. The summed E-state index contributed by atoms with van der Waals surface area (Å²) < 4.78 is 11.5. The number of benzene rings is 1. The molecule has 0 radical (unpaired) electrons. The summed E-state index contributed by atoms with van der Waals surface area (Å²) in [5.74, 6) is 4.60. The second kappa shape index (κ2) is 11.2. The van der Waals surface area contributed by atoms with Crippen LogP contribution in [0.2, 0.25) is 0 Å². The highest BCUT2D eigenvalue weighted by Crippen LogP contribution is 2.50. The first-order valence-electron chi connectivity index (χ1n) is 13.1. The summed E-state index contributed by atoms with van der Waals surface area (Å²) in [6, 6.07) is 8.70. The number of hydrogen-bond donors (Lipinski definition) is 0. The Bertz CT molecular complexity index is 914. The molecule has 1 aliphatic carbocycles. The van der Waals surface area contributed by atoms with Crippen molar-refractivity contribution in [3.05, 3.63) is 35.7 Å². The maximum absolute atomic E-state index is 12.3. The molecule has 7 nitrogen and oxygen atoms in total. The van der Waals surface area contributed by atoms with Crippen molar-refractivity contribution in [3.8, 4) is 5.75 Å². The van der Waals surface area contributed by atoms with Crippen LogP contribution in [-0.2, 0) is 11.2 Å². The number of ether oxygens (including phenoxy) is 1. The molecular weight excluding hydrogens is 428 g/mol. The molecule has 7 heteroatoms. The first-order chi connectivity index (χ1) is 16.5. The zero-order valence-electron chi connectivity index (χ0n) is 21.2. The maximum Gasteiger partial charge on any atom is 0.324 e. The smallest absolute Gasteiger partial charge is 0.324 e. The summed E-state index contributed by atoms with van der Waals surface area (Å²) in [5, 5.41) is 4.10. The zero-order chi connectivity index (χ0) is 24.1. The molecule has 34 heavy (non-hydrogen) atoms. The van der Waals surface area contributed by atoms with Crippen LogP contribution in [0, 0.1) is 17.8 Å². The molecule has 1 amide bonds. The molecular formula is C27H40N4O3. The molecule has 1 aliphatic heterocycles. The van der Waals surface area contributed by atoms with Crippen molar-refractivity contribution in [2.24, 2.45) is 17.8 Å². The molecule has 0 bridgehead atoms. The number of likely N-dealkylation sites (N-methyl/N-ethyl adjacent to an activating group) is 1. The van der Waals surface area contributed by atoms with Gasteiger partial charge in [0.25, 0.3) is 0 Å². The first kappa shape index (κ1) is 24.6. The summed E-state index contributed by atoms with van der Waals surface area (Å²) in [6.07, 6.45) is 5.31. The third kappa shape index (κ3) is 6.10. The number of hydrogen-bond acceptors (Lipinski definition) is 6. The second-order valence-electron chi connectivity index (χ2n) is 10.1. The molecule has 2 aliphatic rings. The van der Waals surface area contributed by atoms with E-state index in [1.807, 2.05) is 43.0 Å². The van der Waals surface area contributed by atoms with Crippen LogP contribution < -0.4 is 9.64 Å². The Morgan fingerprint density at radius 2 is 1.88 bits per heavy atom. The van der Waals surface area contributed by atoms with Crippen LogP contribution in [0.3, 0.4) is 0 Å². The van der Waals surface area contributed by atoms with E-state index < -0.39 is 0 Å². The van der Waals surface area contributed by atoms with Crippen molar-refractivity contribution >= 4 is 11.9 Å². The minimum atomic E-state index is 0.182. The summed E-state index contributed by atoms with van der Waals surface area (Å²) in [7, 11) is 0. The number of carbonyl (C=O) groups is 1. The van der Waals surface area contributed by atoms with Gasteiger partial charge in [-0.3, -0.25) is 4.79 Å². The van der Waals surface area contributed by atoms with Crippen LogP contribution in [0.5, 0.6) is 5.75 Å². The number of amides is 1. The minimum absolute atomic E-state index is 0.182. The fraction of sp³-hybridized carbons (Fsp3) is 0.667. The zero-order valence-corrected chi connectivity index (χ0v) is 21.2. The summed E-state index contributed by atoms with van der Waals surface area (Å²) in [4.78, 5) is 20.9. The van der Waals surface area contributed by atoms with Crippen LogP contribution in [0.4, 0.5) is 6.01 Å². The molecule has 1 aromatic carbocycles. The van der Waals surface area contributed by atoms with E-state index in [9.17, 15) is 4.79 Å². The largest absolute Gasteiger partial charge is 0.494 e. The number of rotatable bonds is 11. The van der Waals surface area contributed by atoms with Gasteiger partial charge in [0.05, 0.1) is 13.0 Å². The van der Waals surface area contributed by atoms with Gasteiger partial charge < -0.3 is 19.1 Å². The quantitative estimate of drug-likeness (QED) is 0.466. The van der Waals surface area contributed by atoms with Crippen molar-refractivity contribution in [2.45, 2.75) is 65.7 Å². The van der Waals surface area contributed by atoms with Gasteiger partial charge in [0.2, 0.25) is 5.91 Å². The molecule has 1 saturated carbocycles. The number of anilines is 1. The van der Waals surface area contributed by atoms with E-state index >= 15 is 0 Å². The Morgan fingerprint density at radius 3 is 2.50 bits per heavy atom. The highest BCUT2D eigenvalue weighted by Gasteiger charge is 2.43. The van der Waals surface area contributed by atoms with Gasteiger partial charge in [0.15, 0.2) is 5.82 Å². The normalized spacial score (nSPS) is 20.6. The van der Waals surface area contributed by atoms with Crippen LogP contribution >= 0.6 is 0 Å². The molecule has 2 heterocycles. The van der Waals surface area contributed by atoms with Gasteiger partial charge in [-0.1, -0.05) is 31.1 Å². The molecule has 0 spiro atoms.